The summed E-state index contributed by atoms with van der Waals surface area (Å²) in [7, 11) is 0. The summed E-state index contributed by atoms with van der Waals surface area (Å²) in [6.07, 6.45) is -3.24. The van der Waals surface area contributed by atoms with Crippen LogP contribution in [-0.2, 0) is 6.54 Å². The van der Waals surface area contributed by atoms with Crippen molar-refractivity contribution in [3.63, 3.8) is 0 Å². The molecule has 1 aromatic heterocycles. The van der Waals surface area contributed by atoms with Crippen LogP contribution < -0.4 is 0 Å². The van der Waals surface area contributed by atoms with Gasteiger partial charge in [0.1, 0.15) is 5.82 Å². The second kappa shape index (κ2) is 5.24. The highest BCUT2D eigenvalue weighted by molar-refractivity contribution is 6.30. The Morgan fingerprint density at radius 2 is 2.05 bits per heavy atom. The third-order valence-electron chi connectivity index (χ3n) is 2.50. The summed E-state index contributed by atoms with van der Waals surface area (Å²) in [5.41, 5.74) is -0.393. The van der Waals surface area contributed by atoms with Crippen molar-refractivity contribution in [3.8, 4) is 0 Å². The molecular formula is C12H7ClF4N2O. The largest absolute Gasteiger partial charge is 0.454 e. The first-order chi connectivity index (χ1) is 9.27. The standard InChI is InChI=1S/C12H7ClF4N2O/c13-9-2-1-7(10(14)3-9)5-19-6-8(4-18-19)11(20)12(15,16)17/h1-4,6H,5H2. The van der Waals surface area contributed by atoms with Gasteiger partial charge in [-0.15, -0.1) is 0 Å². The van der Waals surface area contributed by atoms with Crippen molar-refractivity contribution in [1.82, 2.24) is 9.78 Å². The molecule has 0 aliphatic carbocycles. The number of rotatable bonds is 3. The lowest BCUT2D eigenvalue weighted by Gasteiger charge is -2.04. The van der Waals surface area contributed by atoms with Gasteiger partial charge in [0.25, 0.3) is 5.78 Å². The zero-order valence-corrected chi connectivity index (χ0v) is 10.5. The van der Waals surface area contributed by atoms with E-state index in [1.54, 1.807) is 0 Å². The van der Waals surface area contributed by atoms with Gasteiger partial charge >= 0.3 is 6.18 Å². The number of aromatic nitrogens is 2. The fourth-order valence-corrected chi connectivity index (χ4v) is 1.71. The predicted molar refractivity (Wildman–Crippen MR) is 63.1 cm³/mol. The fourth-order valence-electron chi connectivity index (χ4n) is 1.56. The molecule has 0 N–H and O–H groups in total. The lowest BCUT2D eigenvalue weighted by atomic mass is 10.2. The quantitative estimate of drug-likeness (QED) is 0.643. The van der Waals surface area contributed by atoms with E-state index >= 15 is 0 Å². The monoisotopic (exact) mass is 306 g/mol. The highest BCUT2D eigenvalue weighted by Crippen LogP contribution is 2.21. The van der Waals surface area contributed by atoms with E-state index in [0.717, 1.165) is 23.1 Å². The number of ketones is 1. The molecule has 0 spiro atoms. The number of halogens is 5. The van der Waals surface area contributed by atoms with Crippen molar-refractivity contribution in [2.45, 2.75) is 12.7 Å². The van der Waals surface area contributed by atoms with Crippen LogP contribution in [0.25, 0.3) is 0 Å². The number of benzene rings is 1. The summed E-state index contributed by atoms with van der Waals surface area (Å²) in [6.45, 7) is -0.103. The number of hydrogen-bond donors (Lipinski definition) is 0. The molecule has 20 heavy (non-hydrogen) atoms. The Labute approximate surface area is 115 Å². The summed E-state index contributed by atoms with van der Waals surface area (Å²) in [4.78, 5) is 11.0. The number of carbonyl (C=O) groups is 1. The van der Waals surface area contributed by atoms with Crippen LogP contribution in [-0.4, -0.2) is 21.7 Å². The lowest BCUT2D eigenvalue weighted by molar-refractivity contribution is -0.0885. The van der Waals surface area contributed by atoms with E-state index in [-0.39, 0.29) is 17.1 Å². The van der Waals surface area contributed by atoms with Crippen molar-refractivity contribution >= 4 is 17.4 Å². The van der Waals surface area contributed by atoms with E-state index in [2.05, 4.69) is 5.10 Å². The molecular weight excluding hydrogens is 300 g/mol. The molecule has 0 amide bonds. The lowest BCUT2D eigenvalue weighted by Crippen LogP contribution is -2.22. The minimum Gasteiger partial charge on any atom is -0.284 e. The number of hydrogen-bond acceptors (Lipinski definition) is 2. The van der Waals surface area contributed by atoms with Crippen LogP contribution in [0, 0.1) is 5.82 Å². The Kier molecular flexibility index (Phi) is 3.80. The van der Waals surface area contributed by atoms with Crippen molar-refractivity contribution < 1.29 is 22.4 Å². The number of Topliss-reactive ketones (excluding diaryl/α,β-unsaturated/α-hetero) is 1. The summed E-state index contributed by atoms with van der Waals surface area (Å²) >= 11 is 5.58. The van der Waals surface area contributed by atoms with Gasteiger partial charge < -0.3 is 0 Å². The molecule has 0 bridgehead atoms. The summed E-state index contributed by atoms with van der Waals surface area (Å²) in [6, 6.07) is 3.93. The molecule has 1 heterocycles. The van der Waals surface area contributed by atoms with Gasteiger partial charge in [-0.25, -0.2) is 4.39 Å². The van der Waals surface area contributed by atoms with Crippen molar-refractivity contribution in [2.75, 3.05) is 0 Å². The number of carbonyl (C=O) groups excluding carboxylic acids is 1. The first-order valence-corrected chi connectivity index (χ1v) is 5.73. The van der Waals surface area contributed by atoms with E-state index in [1.807, 2.05) is 0 Å². The van der Waals surface area contributed by atoms with Gasteiger partial charge in [-0.3, -0.25) is 9.48 Å². The Morgan fingerprint density at radius 3 is 2.65 bits per heavy atom. The Morgan fingerprint density at radius 1 is 1.35 bits per heavy atom. The molecule has 0 fully saturated rings. The molecule has 0 atom stereocenters. The van der Waals surface area contributed by atoms with E-state index < -0.39 is 23.3 Å². The molecule has 8 heteroatoms. The van der Waals surface area contributed by atoms with Gasteiger partial charge in [0.2, 0.25) is 0 Å². The second-order valence-electron chi connectivity index (χ2n) is 3.99. The van der Waals surface area contributed by atoms with E-state index in [9.17, 15) is 22.4 Å². The maximum absolute atomic E-state index is 13.5. The Balaban J connectivity index is 2.20. The first kappa shape index (κ1) is 14.5. The molecule has 1 aromatic carbocycles. The third kappa shape index (κ3) is 3.16. The van der Waals surface area contributed by atoms with Gasteiger partial charge in [-0.1, -0.05) is 17.7 Å². The molecule has 0 unspecified atom stereocenters. The zero-order chi connectivity index (χ0) is 14.9. The normalized spacial score (nSPS) is 11.7. The third-order valence-corrected chi connectivity index (χ3v) is 2.74. The maximum Gasteiger partial charge on any atom is 0.454 e. The Hall–Kier alpha value is -1.89. The molecule has 0 aliphatic rings. The smallest absolute Gasteiger partial charge is 0.284 e. The van der Waals surface area contributed by atoms with Gasteiger partial charge in [-0.05, 0) is 12.1 Å². The topological polar surface area (TPSA) is 34.9 Å². The highest BCUT2D eigenvalue weighted by atomic mass is 35.5. The van der Waals surface area contributed by atoms with E-state index in [0.29, 0.717) is 0 Å². The van der Waals surface area contributed by atoms with Crippen molar-refractivity contribution in [3.05, 3.63) is 52.6 Å². The Bertz CT molecular complexity index is 651. The molecule has 2 rings (SSSR count). The van der Waals surface area contributed by atoms with Crippen molar-refractivity contribution in [2.24, 2.45) is 0 Å². The molecule has 2 aromatic rings. The number of nitrogens with zero attached hydrogens (tertiary/aromatic N) is 2. The van der Waals surface area contributed by atoms with Gasteiger partial charge in [-0.2, -0.15) is 18.3 Å². The minimum atomic E-state index is -4.96. The fraction of sp³-hybridized carbons (Fsp3) is 0.167. The van der Waals surface area contributed by atoms with Crippen LogP contribution >= 0.6 is 11.6 Å². The molecule has 3 nitrogen and oxygen atoms in total. The van der Waals surface area contributed by atoms with Crippen LogP contribution in [0.5, 0.6) is 0 Å². The average Bonchev–Trinajstić information content (AvgIpc) is 2.79. The highest BCUT2D eigenvalue weighted by Gasteiger charge is 2.39. The molecule has 0 radical (unpaired) electrons. The van der Waals surface area contributed by atoms with Gasteiger partial charge in [0.05, 0.1) is 18.3 Å². The SMILES string of the molecule is O=C(c1cnn(Cc2ccc(Cl)cc2F)c1)C(F)(F)F. The van der Waals surface area contributed by atoms with Crippen LogP contribution in [0.15, 0.2) is 30.6 Å². The number of alkyl halides is 3. The van der Waals surface area contributed by atoms with Crippen LogP contribution in [0.4, 0.5) is 17.6 Å². The van der Waals surface area contributed by atoms with Crippen molar-refractivity contribution in [1.29, 1.82) is 0 Å². The van der Waals surface area contributed by atoms with E-state index in [4.69, 9.17) is 11.6 Å². The molecule has 106 valence electrons. The molecule has 0 aliphatic heterocycles. The van der Waals surface area contributed by atoms with E-state index in [1.165, 1.54) is 12.1 Å². The second-order valence-corrected chi connectivity index (χ2v) is 4.43. The molecule has 0 saturated carbocycles. The summed E-state index contributed by atoms with van der Waals surface area (Å²) in [5, 5.41) is 3.81. The van der Waals surface area contributed by atoms with Crippen LogP contribution in [0.3, 0.4) is 0 Å². The average molecular weight is 307 g/mol. The predicted octanol–water partition coefficient (Wildman–Crippen LogP) is 3.47. The van der Waals surface area contributed by atoms with Crippen LogP contribution in [0.2, 0.25) is 5.02 Å². The maximum atomic E-state index is 13.5. The van der Waals surface area contributed by atoms with Crippen LogP contribution in [0.1, 0.15) is 15.9 Å². The van der Waals surface area contributed by atoms with Gasteiger partial charge in [0.15, 0.2) is 0 Å². The minimum absolute atomic E-state index is 0.103. The molecule has 0 saturated heterocycles. The van der Waals surface area contributed by atoms with Gasteiger partial charge in [0, 0.05) is 16.8 Å². The zero-order valence-electron chi connectivity index (χ0n) is 9.79. The first-order valence-electron chi connectivity index (χ1n) is 5.35. The summed E-state index contributed by atoms with van der Waals surface area (Å²) in [5.74, 6) is -2.59. The summed E-state index contributed by atoms with van der Waals surface area (Å²) < 4.78 is 51.2.